The first-order valence-corrected chi connectivity index (χ1v) is 4.19. The Hall–Kier alpha value is -1.60. The van der Waals surface area contributed by atoms with Crippen LogP contribution < -0.4 is 0 Å². The summed E-state index contributed by atoms with van der Waals surface area (Å²) in [5.74, 6) is 0. The Bertz CT molecular complexity index is 306. The van der Waals surface area contributed by atoms with Crippen LogP contribution in [0.25, 0.3) is 5.53 Å². The van der Waals surface area contributed by atoms with Gasteiger partial charge in [-0.05, 0) is 12.2 Å². The van der Waals surface area contributed by atoms with Crippen molar-refractivity contribution in [2.24, 2.45) is 0 Å². The van der Waals surface area contributed by atoms with Crippen molar-refractivity contribution in [1.82, 2.24) is 4.90 Å². The molecule has 0 atom stereocenters. The number of rotatable bonds is 3. The highest BCUT2D eigenvalue weighted by molar-refractivity contribution is 5.92. The standard InChI is InChI=1S/C10H13N3/c1-3-8-13(2)10-6-4-9(12-11)5-7-10/h3-4,6-7H,1,5,8H2,2H3. The number of hydrogen-bond donors (Lipinski definition) is 0. The van der Waals surface area contributed by atoms with Gasteiger partial charge in [0.1, 0.15) is 0 Å². The third-order valence-electron chi connectivity index (χ3n) is 1.94. The van der Waals surface area contributed by atoms with Crippen LogP contribution in [0.15, 0.2) is 36.6 Å². The molecule has 0 aromatic heterocycles. The van der Waals surface area contributed by atoms with E-state index in [0.717, 1.165) is 12.2 Å². The smallest absolute Gasteiger partial charge is 0.295 e. The van der Waals surface area contributed by atoms with E-state index in [-0.39, 0.29) is 0 Å². The molecule has 1 aliphatic rings. The summed E-state index contributed by atoms with van der Waals surface area (Å²) in [7, 11) is 2.00. The van der Waals surface area contributed by atoms with Gasteiger partial charge in [0.15, 0.2) is 0 Å². The van der Waals surface area contributed by atoms with Gasteiger partial charge < -0.3 is 10.4 Å². The summed E-state index contributed by atoms with van der Waals surface area (Å²) in [5, 5.41) is 0. The Morgan fingerprint density at radius 1 is 1.69 bits per heavy atom. The zero-order chi connectivity index (χ0) is 9.68. The summed E-state index contributed by atoms with van der Waals surface area (Å²) in [6.45, 7) is 4.49. The fraction of sp³-hybridized carbons (Fsp3) is 0.300. The summed E-state index contributed by atoms with van der Waals surface area (Å²) in [4.78, 5) is 5.21. The van der Waals surface area contributed by atoms with Crippen LogP contribution in [0.4, 0.5) is 0 Å². The van der Waals surface area contributed by atoms with Gasteiger partial charge in [-0.2, -0.15) is 4.79 Å². The minimum Gasteiger partial charge on any atom is -0.371 e. The van der Waals surface area contributed by atoms with Crippen LogP contribution in [0.1, 0.15) is 6.42 Å². The number of hydrogen-bond acceptors (Lipinski definition) is 1. The van der Waals surface area contributed by atoms with Gasteiger partial charge in [-0.25, -0.2) is 0 Å². The Labute approximate surface area is 78.3 Å². The minimum atomic E-state index is 0.684. The minimum absolute atomic E-state index is 0.684. The summed E-state index contributed by atoms with van der Waals surface area (Å²) in [5.41, 5.74) is 10.3. The molecule has 0 N–H and O–H groups in total. The average molecular weight is 175 g/mol. The summed E-state index contributed by atoms with van der Waals surface area (Å²) in [6.07, 6.45) is 8.31. The maximum Gasteiger partial charge on any atom is 0.295 e. The van der Waals surface area contributed by atoms with Crippen LogP contribution in [0, 0.1) is 0 Å². The van der Waals surface area contributed by atoms with Gasteiger partial charge in [0.05, 0.1) is 6.42 Å². The fourth-order valence-electron chi connectivity index (χ4n) is 1.18. The average Bonchev–Trinajstić information content (AvgIpc) is 2.18. The summed E-state index contributed by atoms with van der Waals surface area (Å²) >= 11 is 0. The molecule has 0 aromatic rings. The van der Waals surface area contributed by atoms with Crippen molar-refractivity contribution in [1.29, 1.82) is 0 Å². The first-order valence-electron chi connectivity index (χ1n) is 4.19. The van der Waals surface area contributed by atoms with Gasteiger partial charge >= 0.3 is 0 Å². The van der Waals surface area contributed by atoms with Gasteiger partial charge in [-0.1, -0.05) is 6.08 Å². The predicted molar refractivity (Wildman–Crippen MR) is 53.3 cm³/mol. The Kier molecular flexibility index (Phi) is 3.23. The van der Waals surface area contributed by atoms with Crippen molar-refractivity contribution >= 4 is 5.71 Å². The zero-order valence-electron chi connectivity index (χ0n) is 7.77. The van der Waals surface area contributed by atoms with Crippen molar-refractivity contribution in [3.8, 4) is 0 Å². The summed E-state index contributed by atoms with van der Waals surface area (Å²) < 4.78 is 0. The number of allylic oxidation sites excluding steroid dienone is 3. The van der Waals surface area contributed by atoms with Gasteiger partial charge in [-0.3, -0.25) is 0 Å². The molecule has 68 valence electrons. The van der Waals surface area contributed by atoms with Gasteiger partial charge in [0, 0.05) is 25.4 Å². The third kappa shape index (κ3) is 2.42. The van der Waals surface area contributed by atoms with E-state index in [4.69, 9.17) is 5.53 Å². The molecule has 0 radical (unpaired) electrons. The van der Waals surface area contributed by atoms with Gasteiger partial charge in [0.2, 0.25) is 0 Å². The fourth-order valence-corrected chi connectivity index (χ4v) is 1.18. The second-order valence-electron chi connectivity index (χ2n) is 2.93. The largest absolute Gasteiger partial charge is 0.371 e. The normalized spacial score (nSPS) is 14.8. The van der Waals surface area contributed by atoms with Crippen LogP contribution in [0.5, 0.6) is 0 Å². The molecule has 0 aromatic carbocycles. The van der Waals surface area contributed by atoms with Gasteiger partial charge in [0.25, 0.3) is 5.71 Å². The lowest BCUT2D eigenvalue weighted by molar-refractivity contribution is -0.00545. The molecule has 3 heteroatoms. The molecule has 1 aliphatic carbocycles. The number of nitrogens with zero attached hydrogens (tertiary/aromatic N) is 3. The lowest BCUT2D eigenvalue weighted by Crippen LogP contribution is -2.18. The van der Waals surface area contributed by atoms with Crippen molar-refractivity contribution < 1.29 is 4.79 Å². The van der Waals surface area contributed by atoms with Crippen LogP contribution >= 0.6 is 0 Å². The molecule has 0 saturated carbocycles. The van der Waals surface area contributed by atoms with E-state index in [9.17, 15) is 0 Å². The molecule has 0 spiro atoms. The third-order valence-corrected chi connectivity index (χ3v) is 1.94. The van der Waals surface area contributed by atoms with E-state index in [0.29, 0.717) is 12.1 Å². The Morgan fingerprint density at radius 2 is 2.46 bits per heavy atom. The molecule has 0 bridgehead atoms. The first kappa shape index (κ1) is 9.49. The molecule has 0 saturated heterocycles. The van der Waals surface area contributed by atoms with Crippen LogP contribution in [-0.4, -0.2) is 29.0 Å². The van der Waals surface area contributed by atoms with Crippen LogP contribution in [-0.2, 0) is 0 Å². The maximum absolute atomic E-state index is 8.50. The van der Waals surface area contributed by atoms with E-state index >= 15 is 0 Å². The van der Waals surface area contributed by atoms with E-state index in [1.807, 2.05) is 31.4 Å². The molecule has 0 aliphatic heterocycles. The highest BCUT2D eigenvalue weighted by Crippen LogP contribution is 2.10. The van der Waals surface area contributed by atoms with Crippen molar-refractivity contribution in [3.63, 3.8) is 0 Å². The monoisotopic (exact) mass is 175 g/mol. The molecular formula is C10H13N3. The van der Waals surface area contributed by atoms with E-state index in [1.54, 1.807) is 0 Å². The second kappa shape index (κ2) is 4.43. The SMILES string of the molecule is C=CCN(C)C1=CCC(=[N+]=[N-])C=C1. The zero-order valence-corrected chi connectivity index (χ0v) is 7.77. The van der Waals surface area contributed by atoms with Crippen LogP contribution in [0.3, 0.4) is 0 Å². The Morgan fingerprint density at radius 3 is 2.92 bits per heavy atom. The maximum atomic E-state index is 8.50. The molecule has 13 heavy (non-hydrogen) atoms. The predicted octanol–water partition coefficient (Wildman–Crippen LogP) is 1.62. The highest BCUT2D eigenvalue weighted by Gasteiger charge is 2.09. The van der Waals surface area contributed by atoms with Crippen molar-refractivity contribution in [2.75, 3.05) is 13.6 Å². The van der Waals surface area contributed by atoms with E-state index in [2.05, 4.69) is 16.3 Å². The Balaban J connectivity index is 2.66. The molecule has 0 unspecified atom stereocenters. The van der Waals surface area contributed by atoms with E-state index in [1.165, 1.54) is 0 Å². The molecule has 1 rings (SSSR count). The summed E-state index contributed by atoms with van der Waals surface area (Å²) in [6, 6.07) is 0. The lowest BCUT2D eigenvalue weighted by atomic mass is 10.1. The van der Waals surface area contributed by atoms with E-state index < -0.39 is 0 Å². The first-order chi connectivity index (χ1) is 6.27. The number of likely N-dealkylation sites (N-methyl/N-ethyl adjacent to an activating group) is 1. The van der Waals surface area contributed by atoms with Crippen molar-refractivity contribution in [2.45, 2.75) is 6.42 Å². The molecular weight excluding hydrogens is 162 g/mol. The molecule has 0 heterocycles. The van der Waals surface area contributed by atoms with Crippen LogP contribution in [0.2, 0.25) is 0 Å². The van der Waals surface area contributed by atoms with Gasteiger partial charge in [-0.15, -0.1) is 6.58 Å². The molecule has 0 amide bonds. The topological polar surface area (TPSA) is 39.6 Å². The van der Waals surface area contributed by atoms with Crippen molar-refractivity contribution in [3.05, 3.63) is 42.1 Å². The highest BCUT2D eigenvalue weighted by atomic mass is 15.1. The second-order valence-corrected chi connectivity index (χ2v) is 2.93. The molecule has 0 fully saturated rings. The quantitative estimate of drug-likeness (QED) is 0.365. The molecule has 3 nitrogen and oxygen atoms in total. The lowest BCUT2D eigenvalue weighted by Gasteiger charge is -2.19.